The van der Waals surface area contributed by atoms with Crippen molar-refractivity contribution in [3.8, 4) is 0 Å². The topological polar surface area (TPSA) is 390 Å². The molecule has 0 radical (unpaired) electrons. The zero-order chi connectivity index (χ0) is 40.5. The molecule has 0 spiro atoms. The number of nitrogens with zero attached hydrogens (tertiary/aromatic N) is 4. The molecule has 25 nitrogen and oxygen atoms in total. The first-order chi connectivity index (χ1) is 25.1. The van der Waals surface area contributed by atoms with Crippen LogP contribution in [-0.2, 0) is 50.7 Å². The van der Waals surface area contributed by atoms with Crippen LogP contribution in [0.4, 0.5) is 5.82 Å². The lowest BCUT2D eigenvalue weighted by Crippen LogP contribution is -2.46. The summed E-state index contributed by atoms with van der Waals surface area (Å²) in [5, 5.41) is 26.2. The monoisotopic (exact) mass is 852 g/mol. The lowest BCUT2D eigenvalue weighted by molar-refractivity contribution is -0.137. The molecule has 2 amide bonds. The smallest absolute Gasteiger partial charge is 0.386 e. The molecule has 3 heterocycles. The van der Waals surface area contributed by atoms with Gasteiger partial charge in [-0.2, -0.15) is 4.31 Å². The number of aliphatic hydroxyl groups excluding tert-OH is 2. The summed E-state index contributed by atoms with van der Waals surface area (Å²) in [5.41, 5.74) is 9.60. The third-order valence-corrected chi connectivity index (χ3v) is 11.4. The highest BCUT2D eigenvalue weighted by Gasteiger charge is 2.50. The number of nitrogens with one attached hydrogen (secondary N) is 2. The number of phosphoric ester groups is 3. The van der Waals surface area contributed by atoms with Crippen molar-refractivity contribution in [3.05, 3.63) is 12.7 Å². The zero-order valence-corrected chi connectivity index (χ0v) is 32.3. The third-order valence-electron chi connectivity index (χ3n) is 7.35. The van der Waals surface area contributed by atoms with E-state index in [9.17, 15) is 57.9 Å². The normalized spacial score (nSPS) is 22.0. The van der Waals surface area contributed by atoms with Gasteiger partial charge in [0, 0.05) is 37.1 Å². The van der Waals surface area contributed by atoms with Crippen molar-refractivity contribution in [2.75, 3.05) is 44.3 Å². The molecule has 0 aliphatic carbocycles. The average molecular weight is 853 g/mol. The zero-order valence-electron chi connectivity index (χ0n) is 28.8. The van der Waals surface area contributed by atoms with Gasteiger partial charge >= 0.3 is 23.5 Å². The van der Waals surface area contributed by atoms with Gasteiger partial charge in [-0.1, -0.05) is 25.6 Å². The van der Waals surface area contributed by atoms with Crippen molar-refractivity contribution in [3.63, 3.8) is 0 Å². The summed E-state index contributed by atoms with van der Waals surface area (Å²) in [6.07, 6.45) is -6.02. The SMILES string of the molecule is CC(C)(COP(=O)(O)OP(=O)(O)OCC1OC(n2cnc3c(N)ncnc32)C(O)C1OP(=O)(O)O)C(O)C(=O)NCCC(=O)NCCSC(=O)CCCN. The van der Waals surface area contributed by atoms with Crippen LogP contribution in [-0.4, -0.2) is 129 Å². The predicted octanol–water partition coefficient (Wildman–Crippen LogP) is -1.60. The Bertz CT molecular complexity index is 1770. The minimum absolute atomic E-state index is 0.0293. The number of phosphoric acid groups is 3. The first-order valence-corrected chi connectivity index (χ1v) is 21.3. The number of nitrogens with two attached hydrogens (primary N) is 2. The maximum absolute atomic E-state index is 12.6. The Morgan fingerprint density at radius 3 is 2.41 bits per heavy atom. The van der Waals surface area contributed by atoms with Crippen LogP contribution < -0.4 is 22.1 Å². The van der Waals surface area contributed by atoms with Crippen molar-refractivity contribution in [1.82, 2.24) is 30.2 Å². The van der Waals surface area contributed by atoms with Gasteiger partial charge in [-0.25, -0.2) is 28.6 Å². The van der Waals surface area contributed by atoms with Crippen LogP contribution >= 0.6 is 35.2 Å². The number of imidazole rings is 1. The summed E-state index contributed by atoms with van der Waals surface area (Å²) in [4.78, 5) is 87.0. The quantitative estimate of drug-likeness (QED) is 0.0471. The van der Waals surface area contributed by atoms with E-state index in [1.165, 1.54) is 13.8 Å². The Morgan fingerprint density at radius 2 is 1.74 bits per heavy atom. The van der Waals surface area contributed by atoms with Gasteiger partial charge in [-0.3, -0.25) is 32.5 Å². The highest BCUT2D eigenvalue weighted by atomic mass is 32.2. The fourth-order valence-electron chi connectivity index (χ4n) is 4.61. The molecule has 7 atom stereocenters. The van der Waals surface area contributed by atoms with E-state index in [2.05, 4.69) is 34.4 Å². The minimum atomic E-state index is -5.57. The molecule has 2 aromatic rings. The summed E-state index contributed by atoms with van der Waals surface area (Å²) in [5.74, 6) is -1.12. The Kier molecular flexibility index (Phi) is 16.7. The number of carbonyl (C=O) groups is 3. The van der Waals surface area contributed by atoms with Gasteiger partial charge in [0.2, 0.25) is 11.8 Å². The third kappa shape index (κ3) is 13.9. The lowest BCUT2D eigenvalue weighted by atomic mass is 9.87. The molecule has 0 aromatic carbocycles. The number of aliphatic hydroxyl groups is 2. The molecule has 1 saturated heterocycles. The fourth-order valence-corrected chi connectivity index (χ4v) is 8.16. The highest BCUT2D eigenvalue weighted by molar-refractivity contribution is 8.13. The Balaban J connectivity index is 1.50. The summed E-state index contributed by atoms with van der Waals surface area (Å²) < 4.78 is 62.0. The number of hydrogen-bond acceptors (Lipinski definition) is 19. The molecule has 1 fully saturated rings. The van der Waals surface area contributed by atoms with Crippen molar-refractivity contribution >= 4 is 69.1 Å². The van der Waals surface area contributed by atoms with Crippen molar-refractivity contribution < 1.29 is 80.5 Å². The van der Waals surface area contributed by atoms with Gasteiger partial charge in [0.1, 0.15) is 36.3 Å². The Morgan fingerprint density at radius 1 is 1.06 bits per heavy atom. The number of amides is 2. The van der Waals surface area contributed by atoms with Crippen LogP contribution in [0.5, 0.6) is 0 Å². The van der Waals surface area contributed by atoms with E-state index >= 15 is 0 Å². The number of nitrogen functional groups attached to an aromatic ring is 1. The van der Waals surface area contributed by atoms with Gasteiger partial charge in [0.25, 0.3) is 0 Å². The number of hydrogen-bond donors (Lipinski definition) is 10. The molecule has 0 saturated carbocycles. The second kappa shape index (κ2) is 19.6. The predicted molar refractivity (Wildman–Crippen MR) is 185 cm³/mol. The summed E-state index contributed by atoms with van der Waals surface area (Å²) >= 11 is 1.05. The summed E-state index contributed by atoms with van der Waals surface area (Å²) in [6, 6.07) is 0. The van der Waals surface area contributed by atoms with Gasteiger partial charge in [-0.15, -0.1) is 0 Å². The minimum Gasteiger partial charge on any atom is -0.386 e. The average Bonchev–Trinajstić information content (AvgIpc) is 3.63. The maximum Gasteiger partial charge on any atom is 0.481 e. The van der Waals surface area contributed by atoms with Gasteiger partial charge in [0.05, 0.1) is 19.5 Å². The van der Waals surface area contributed by atoms with Crippen LogP contribution in [0.1, 0.15) is 39.3 Å². The molecule has 1 aliphatic heterocycles. The van der Waals surface area contributed by atoms with Crippen molar-refractivity contribution in [2.24, 2.45) is 11.1 Å². The molecule has 306 valence electrons. The molecule has 3 rings (SSSR count). The van der Waals surface area contributed by atoms with Crippen LogP contribution in [0, 0.1) is 5.41 Å². The van der Waals surface area contributed by atoms with E-state index < -0.39 is 84.6 Å². The van der Waals surface area contributed by atoms with Gasteiger partial charge in [0.15, 0.2) is 22.8 Å². The van der Waals surface area contributed by atoms with E-state index in [4.69, 9.17) is 25.3 Å². The molecule has 2 aromatic heterocycles. The molecule has 12 N–H and O–H groups in total. The number of thioether (sulfide) groups is 1. The number of carbonyl (C=O) groups excluding carboxylic acids is 3. The van der Waals surface area contributed by atoms with Crippen LogP contribution in [0.15, 0.2) is 12.7 Å². The van der Waals surface area contributed by atoms with E-state index in [1.807, 2.05) is 0 Å². The Labute approximate surface area is 311 Å². The molecule has 1 aliphatic rings. The lowest BCUT2D eigenvalue weighted by Gasteiger charge is -2.30. The molecule has 29 heteroatoms. The van der Waals surface area contributed by atoms with E-state index in [0.717, 1.165) is 29.0 Å². The van der Waals surface area contributed by atoms with Gasteiger partial charge < -0.3 is 56.6 Å². The second-order valence-corrected chi connectivity index (χ2v) is 17.6. The standard InChI is InChI=1S/C25H43N8O17P3S/c1-25(2,20(37)23(38)29-7-5-15(34)28-8-9-54-16(35)4-3-6-26)11-47-53(44,45)50-52(42,43)46-10-14-19(49-51(39,40)41)18(36)24(48-14)33-13-32-17-21(27)30-12-31-22(17)33/h12-14,18-20,24,36-37H,3-11,26H2,1-2H3,(H,28,34)(H,29,38)(H,42,43)(H,44,45)(H2,27,30,31)(H2,39,40,41). The number of anilines is 1. The first kappa shape index (κ1) is 45.9. The van der Waals surface area contributed by atoms with E-state index in [-0.39, 0.29) is 41.6 Å². The van der Waals surface area contributed by atoms with Crippen molar-refractivity contribution in [2.45, 2.75) is 63.8 Å². The number of fused-ring (bicyclic) bond motifs is 1. The Hall–Kier alpha value is -2.48. The van der Waals surface area contributed by atoms with Crippen molar-refractivity contribution in [1.29, 1.82) is 0 Å². The maximum atomic E-state index is 12.6. The van der Waals surface area contributed by atoms with Gasteiger partial charge in [-0.05, 0) is 13.0 Å². The van der Waals surface area contributed by atoms with E-state index in [1.54, 1.807) is 0 Å². The van der Waals surface area contributed by atoms with Crippen LogP contribution in [0.3, 0.4) is 0 Å². The van der Waals surface area contributed by atoms with Crippen LogP contribution in [0.25, 0.3) is 11.2 Å². The van der Waals surface area contributed by atoms with Crippen LogP contribution in [0.2, 0.25) is 0 Å². The molecular formula is C25H43N8O17P3S. The first-order valence-electron chi connectivity index (χ1n) is 15.8. The fraction of sp³-hybridized carbons (Fsp3) is 0.680. The largest absolute Gasteiger partial charge is 0.481 e. The summed E-state index contributed by atoms with van der Waals surface area (Å²) in [6.45, 7) is 0.873. The molecular weight excluding hydrogens is 809 g/mol. The molecule has 7 unspecified atom stereocenters. The molecule has 54 heavy (non-hydrogen) atoms. The van der Waals surface area contributed by atoms with E-state index in [0.29, 0.717) is 25.1 Å². The highest BCUT2D eigenvalue weighted by Crippen LogP contribution is 2.61. The second-order valence-electron chi connectivity index (χ2n) is 12.2. The molecule has 0 bridgehead atoms. The number of aromatic nitrogens is 4. The summed E-state index contributed by atoms with van der Waals surface area (Å²) in [7, 11) is -16.4. The number of rotatable bonds is 22. The number of ether oxygens (including phenoxy) is 1.